The van der Waals surface area contributed by atoms with Gasteiger partial charge in [-0.25, -0.2) is 4.98 Å². The third kappa shape index (κ3) is 2.31. The van der Waals surface area contributed by atoms with Crippen LogP contribution in [0.3, 0.4) is 0 Å². The molecule has 0 saturated heterocycles. The van der Waals surface area contributed by atoms with E-state index in [0.717, 1.165) is 30.7 Å². The second-order valence-corrected chi connectivity index (χ2v) is 4.46. The molecule has 2 aromatic heterocycles. The van der Waals surface area contributed by atoms with E-state index in [0.29, 0.717) is 12.5 Å². The van der Waals surface area contributed by atoms with Crippen LogP contribution in [0.5, 0.6) is 0 Å². The van der Waals surface area contributed by atoms with Crippen LogP contribution in [0.4, 0.5) is 0 Å². The Kier molecular flexibility index (Phi) is 3.74. The van der Waals surface area contributed by atoms with Crippen LogP contribution in [0.25, 0.3) is 11.0 Å². The van der Waals surface area contributed by atoms with Gasteiger partial charge in [-0.1, -0.05) is 13.8 Å². The van der Waals surface area contributed by atoms with Crippen LogP contribution in [0, 0.1) is 0 Å². The molecule has 17 heavy (non-hydrogen) atoms. The van der Waals surface area contributed by atoms with Gasteiger partial charge in [-0.15, -0.1) is 0 Å². The predicted molar refractivity (Wildman–Crippen MR) is 69.9 cm³/mol. The van der Waals surface area contributed by atoms with Gasteiger partial charge >= 0.3 is 0 Å². The van der Waals surface area contributed by atoms with E-state index >= 15 is 0 Å². The summed E-state index contributed by atoms with van der Waals surface area (Å²) < 4.78 is 2.30. The number of hydrogen-bond donors (Lipinski definition) is 1. The first-order valence-electron chi connectivity index (χ1n) is 6.28. The van der Waals surface area contributed by atoms with Crippen molar-refractivity contribution in [2.75, 3.05) is 6.54 Å². The van der Waals surface area contributed by atoms with E-state index in [1.54, 1.807) is 0 Å². The second kappa shape index (κ2) is 5.27. The number of pyridine rings is 1. The highest BCUT2D eigenvalue weighted by atomic mass is 15.1. The van der Waals surface area contributed by atoms with Gasteiger partial charge < -0.3 is 10.3 Å². The normalized spacial score (nSPS) is 13.1. The molecule has 0 amide bonds. The van der Waals surface area contributed by atoms with Gasteiger partial charge in [0.15, 0.2) is 0 Å². The maximum atomic E-state index is 5.64. The van der Waals surface area contributed by atoms with Crippen molar-refractivity contribution < 1.29 is 0 Å². The van der Waals surface area contributed by atoms with E-state index in [9.17, 15) is 0 Å². The summed E-state index contributed by atoms with van der Waals surface area (Å²) in [6, 6.07) is 2.04. The molecule has 1 unspecified atom stereocenters. The lowest BCUT2D eigenvalue weighted by atomic mass is 10.1. The number of hydrogen-bond acceptors (Lipinski definition) is 3. The topological polar surface area (TPSA) is 56.7 Å². The van der Waals surface area contributed by atoms with Gasteiger partial charge in [0.25, 0.3) is 0 Å². The first-order chi connectivity index (χ1) is 8.27. The van der Waals surface area contributed by atoms with Crippen molar-refractivity contribution in [3.63, 3.8) is 0 Å². The summed E-state index contributed by atoms with van der Waals surface area (Å²) >= 11 is 0. The molecule has 4 heteroatoms. The molecule has 4 nitrogen and oxygen atoms in total. The highest BCUT2D eigenvalue weighted by molar-refractivity contribution is 5.74. The number of aromatic nitrogens is 3. The van der Waals surface area contributed by atoms with Gasteiger partial charge in [-0.3, -0.25) is 4.98 Å². The highest BCUT2D eigenvalue weighted by Crippen LogP contribution is 2.23. The Morgan fingerprint density at radius 1 is 1.47 bits per heavy atom. The van der Waals surface area contributed by atoms with Crippen LogP contribution in [0.1, 0.15) is 38.4 Å². The maximum Gasteiger partial charge on any atom is 0.112 e. The molecule has 0 radical (unpaired) electrons. The Hall–Kier alpha value is -1.42. The van der Waals surface area contributed by atoms with Crippen molar-refractivity contribution >= 4 is 11.0 Å². The van der Waals surface area contributed by atoms with E-state index in [1.165, 1.54) is 5.52 Å². The fraction of sp³-hybridized carbons (Fsp3) is 0.538. The quantitative estimate of drug-likeness (QED) is 0.860. The molecule has 92 valence electrons. The molecule has 0 bridgehead atoms. The minimum Gasteiger partial charge on any atom is -0.330 e. The number of nitrogens with two attached hydrogens (primary N) is 1. The minimum atomic E-state index is 0.402. The molecule has 2 aromatic rings. The van der Waals surface area contributed by atoms with Gasteiger partial charge in [0.2, 0.25) is 0 Å². The van der Waals surface area contributed by atoms with Crippen LogP contribution in [-0.2, 0) is 6.54 Å². The van der Waals surface area contributed by atoms with Crippen LogP contribution < -0.4 is 5.73 Å². The molecule has 0 aliphatic rings. The SMILES string of the molecule is CCCn1c(C(C)CCN)nc2cnccc21. The van der Waals surface area contributed by atoms with Crippen molar-refractivity contribution in [3.8, 4) is 0 Å². The fourth-order valence-corrected chi connectivity index (χ4v) is 2.21. The number of nitrogens with zero attached hydrogens (tertiary/aromatic N) is 3. The van der Waals surface area contributed by atoms with E-state index in [4.69, 9.17) is 10.7 Å². The van der Waals surface area contributed by atoms with Crippen LogP contribution in [-0.4, -0.2) is 21.1 Å². The molecule has 0 aliphatic heterocycles. The monoisotopic (exact) mass is 232 g/mol. The second-order valence-electron chi connectivity index (χ2n) is 4.46. The van der Waals surface area contributed by atoms with E-state index < -0.39 is 0 Å². The predicted octanol–water partition coefficient (Wildman–Crippen LogP) is 2.29. The lowest BCUT2D eigenvalue weighted by Crippen LogP contribution is -2.11. The highest BCUT2D eigenvalue weighted by Gasteiger charge is 2.15. The van der Waals surface area contributed by atoms with E-state index in [1.807, 2.05) is 18.5 Å². The standard InChI is InChI=1S/C13H20N4/c1-3-8-17-12-5-7-15-9-11(12)16-13(17)10(2)4-6-14/h5,7,9-10H,3-4,6,8,14H2,1-2H3. The Balaban J connectivity index is 2.49. The van der Waals surface area contributed by atoms with Crippen LogP contribution in [0.2, 0.25) is 0 Å². The number of imidazole rings is 1. The third-order valence-corrected chi connectivity index (χ3v) is 3.07. The molecule has 0 spiro atoms. The van der Waals surface area contributed by atoms with E-state index in [-0.39, 0.29) is 0 Å². The molecule has 2 N–H and O–H groups in total. The average molecular weight is 232 g/mol. The zero-order valence-electron chi connectivity index (χ0n) is 10.6. The molecule has 2 heterocycles. The Morgan fingerprint density at radius 3 is 3.00 bits per heavy atom. The Morgan fingerprint density at radius 2 is 2.29 bits per heavy atom. The number of aryl methyl sites for hydroxylation is 1. The molecule has 0 aliphatic carbocycles. The average Bonchev–Trinajstić information content (AvgIpc) is 2.70. The summed E-state index contributed by atoms with van der Waals surface area (Å²) in [5.74, 6) is 1.54. The smallest absolute Gasteiger partial charge is 0.112 e. The summed E-state index contributed by atoms with van der Waals surface area (Å²) in [7, 11) is 0. The molecule has 2 rings (SSSR count). The van der Waals surface area contributed by atoms with Crippen LogP contribution in [0.15, 0.2) is 18.5 Å². The summed E-state index contributed by atoms with van der Waals surface area (Å²) in [5, 5.41) is 0. The third-order valence-electron chi connectivity index (χ3n) is 3.07. The fourth-order valence-electron chi connectivity index (χ4n) is 2.21. The van der Waals surface area contributed by atoms with E-state index in [2.05, 4.69) is 23.4 Å². The largest absolute Gasteiger partial charge is 0.330 e. The summed E-state index contributed by atoms with van der Waals surface area (Å²) in [6.07, 6.45) is 5.74. The van der Waals surface area contributed by atoms with Crippen molar-refractivity contribution in [2.24, 2.45) is 5.73 Å². The molecule has 0 aromatic carbocycles. The Bertz CT molecular complexity index is 489. The van der Waals surface area contributed by atoms with Gasteiger partial charge in [0, 0.05) is 18.7 Å². The minimum absolute atomic E-state index is 0.402. The summed E-state index contributed by atoms with van der Waals surface area (Å²) in [4.78, 5) is 8.83. The maximum absolute atomic E-state index is 5.64. The first-order valence-corrected chi connectivity index (χ1v) is 6.28. The molecule has 0 fully saturated rings. The summed E-state index contributed by atoms with van der Waals surface area (Å²) in [5.41, 5.74) is 7.80. The Labute approximate surface area is 102 Å². The van der Waals surface area contributed by atoms with Crippen molar-refractivity contribution in [1.29, 1.82) is 0 Å². The lowest BCUT2D eigenvalue weighted by Gasteiger charge is -2.13. The lowest BCUT2D eigenvalue weighted by molar-refractivity contribution is 0.578. The summed E-state index contributed by atoms with van der Waals surface area (Å²) in [6.45, 7) is 6.08. The van der Waals surface area contributed by atoms with Gasteiger partial charge in [-0.05, 0) is 25.5 Å². The van der Waals surface area contributed by atoms with Crippen molar-refractivity contribution in [2.45, 2.75) is 39.2 Å². The zero-order valence-corrected chi connectivity index (χ0v) is 10.6. The van der Waals surface area contributed by atoms with Crippen molar-refractivity contribution in [3.05, 3.63) is 24.3 Å². The molecular formula is C13H20N4. The van der Waals surface area contributed by atoms with Gasteiger partial charge in [-0.2, -0.15) is 0 Å². The van der Waals surface area contributed by atoms with Crippen molar-refractivity contribution in [1.82, 2.24) is 14.5 Å². The number of fused-ring (bicyclic) bond motifs is 1. The molecule has 0 saturated carbocycles. The van der Waals surface area contributed by atoms with Gasteiger partial charge in [0.05, 0.1) is 11.7 Å². The molecular weight excluding hydrogens is 212 g/mol. The van der Waals surface area contributed by atoms with Gasteiger partial charge in [0.1, 0.15) is 11.3 Å². The first kappa shape index (κ1) is 12.0. The van der Waals surface area contributed by atoms with Crippen LogP contribution >= 0.6 is 0 Å². The zero-order chi connectivity index (χ0) is 12.3. The number of rotatable bonds is 5. The molecule has 1 atom stereocenters.